The lowest BCUT2D eigenvalue weighted by atomic mass is 9.97. The molecule has 2 aliphatic heterocycles. The number of ether oxygens (including phenoxy) is 1. The number of hydrogen-bond donors (Lipinski definition) is 3. The lowest BCUT2D eigenvalue weighted by molar-refractivity contribution is 0.155. The standard InChI is InChI=1S/C29H34N6O2/c1-34(2)17-23(14-30)37-29-32-27-12-19(26-13-22(36)11-18-5-3-4-6-24(18)26)7-10-25(27)28(33-29)35-15-20-8-9-21(16-35)31-20/h3-7,10-13,20-21,23,31,36H,8-9,14-17,30H2,1-2H3. The van der Waals surface area contributed by atoms with Crippen LogP contribution in [0.2, 0.25) is 0 Å². The van der Waals surface area contributed by atoms with E-state index in [9.17, 15) is 5.11 Å². The minimum absolute atomic E-state index is 0.210. The van der Waals surface area contributed by atoms with Gasteiger partial charge in [0.1, 0.15) is 17.7 Å². The van der Waals surface area contributed by atoms with Crippen molar-refractivity contribution in [2.24, 2.45) is 5.73 Å². The number of benzene rings is 3. The molecule has 8 nitrogen and oxygen atoms in total. The first-order chi connectivity index (χ1) is 18.0. The number of likely N-dealkylation sites (N-methyl/N-ethyl adjacent to an activating group) is 1. The van der Waals surface area contributed by atoms with Gasteiger partial charge in [-0.25, -0.2) is 0 Å². The molecule has 0 radical (unpaired) electrons. The molecule has 2 bridgehead atoms. The molecule has 8 heteroatoms. The maximum atomic E-state index is 10.4. The average molecular weight is 499 g/mol. The molecule has 0 aliphatic carbocycles. The number of hydrogen-bond acceptors (Lipinski definition) is 8. The number of fused-ring (bicyclic) bond motifs is 4. The van der Waals surface area contributed by atoms with Gasteiger partial charge in [-0.15, -0.1) is 0 Å². The Morgan fingerprint density at radius 3 is 2.59 bits per heavy atom. The molecule has 6 rings (SSSR count). The number of nitrogens with two attached hydrogens (primary N) is 1. The summed E-state index contributed by atoms with van der Waals surface area (Å²) in [6.07, 6.45) is 2.18. The molecule has 3 aromatic carbocycles. The first kappa shape index (κ1) is 23.9. The Labute approximate surface area is 217 Å². The van der Waals surface area contributed by atoms with Crippen LogP contribution in [0.25, 0.3) is 32.8 Å². The molecule has 3 unspecified atom stereocenters. The van der Waals surface area contributed by atoms with E-state index in [0.717, 1.165) is 51.7 Å². The van der Waals surface area contributed by atoms with Crippen LogP contribution >= 0.6 is 0 Å². The minimum atomic E-state index is -0.210. The second-order valence-electron chi connectivity index (χ2n) is 10.6. The third kappa shape index (κ3) is 4.80. The highest BCUT2D eigenvalue weighted by Crippen LogP contribution is 2.36. The van der Waals surface area contributed by atoms with Gasteiger partial charge in [0.2, 0.25) is 0 Å². The van der Waals surface area contributed by atoms with Crippen molar-refractivity contribution in [2.45, 2.75) is 31.0 Å². The Bertz CT molecular complexity index is 1430. The maximum Gasteiger partial charge on any atom is 0.319 e. The molecular weight excluding hydrogens is 464 g/mol. The van der Waals surface area contributed by atoms with Crippen LogP contribution in [0.15, 0.2) is 54.6 Å². The van der Waals surface area contributed by atoms with Crippen molar-refractivity contribution in [3.63, 3.8) is 0 Å². The molecule has 0 spiro atoms. The van der Waals surface area contributed by atoms with Gasteiger partial charge in [0.05, 0.1) is 5.52 Å². The summed E-state index contributed by atoms with van der Waals surface area (Å²) < 4.78 is 6.25. The van der Waals surface area contributed by atoms with Crippen molar-refractivity contribution in [2.75, 3.05) is 45.2 Å². The van der Waals surface area contributed by atoms with E-state index in [2.05, 4.69) is 39.4 Å². The molecule has 4 aromatic rings. The van der Waals surface area contributed by atoms with Gasteiger partial charge in [-0.05, 0) is 73.1 Å². The van der Waals surface area contributed by atoms with Crippen LogP contribution in [0.1, 0.15) is 12.8 Å². The van der Waals surface area contributed by atoms with Gasteiger partial charge in [-0.2, -0.15) is 9.97 Å². The topological polar surface area (TPSA) is 99.8 Å². The Hall–Kier alpha value is -3.46. The summed E-state index contributed by atoms with van der Waals surface area (Å²) >= 11 is 0. The van der Waals surface area contributed by atoms with Gasteiger partial charge in [-0.3, -0.25) is 0 Å². The number of rotatable bonds is 7. The largest absolute Gasteiger partial charge is 0.508 e. The second-order valence-corrected chi connectivity index (χ2v) is 10.6. The molecule has 4 N–H and O–H groups in total. The zero-order valence-electron chi connectivity index (χ0n) is 21.4. The van der Waals surface area contributed by atoms with Crippen LogP contribution in [-0.2, 0) is 0 Å². The quantitative estimate of drug-likeness (QED) is 0.357. The van der Waals surface area contributed by atoms with E-state index in [1.54, 1.807) is 6.07 Å². The van der Waals surface area contributed by atoms with Gasteiger partial charge in [0, 0.05) is 43.6 Å². The smallest absolute Gasteiger partial charge is 0.319 e. The highest BCUT2D eigenvalue weighted by atomic mass is 16.5. The highest BCUT2D eigenvalue weighted by Gasteiger charge is 2.33. The second kappa shape index (κ2) is 9.78. The van der Waals surface area contributed by atoms with Crippen LogP contribution < -0.4 is 20.7 Å². The van der Waals surface area contributed by atoms with Gasteiger partial charge in [-0.1, -0.05) is 30.3 Å². The van der Waals surface area contributed by atoms with E-state index >= 15 is 0 Å². The monoisotopic (exact) mass is 498 g/mol. The molecule has 0 amide bonds. The van der Waals surface area contributed by atoms with E-state index in [0.29, 0.717) is 31.2 Å². The van der Waals surface area contributed by atoms with Crippen molar-refractivity contribution < 1.29 is 9.84 Å². The molecule has 1 aromatic heterocycles. The average Bonchev–Trinajstić information content (AvgIpc) is 3.23. The first-order valence-electron chi connectivity index (χ1n) is 13.0. The third-order valence-corrected chi connectivity index (χ3v) is 7.43. The molecule has 2 fully saturated rings. The van der Waals surface area contributed by atoms with Crippen molar-refractivity contribution >= 4 is 27.5 Å². The van der Waals surface area contributed by atoms with Crippen LogP contribution in [0, 0.1) is 0 Å². The molecule has 3 atom stereocenters. The van der Waals surface area contributed by atoms with Crippen molar-refractivity contribution in [3.05, 3.63) is 54.6 Å². The third-order valence-electron chi connectivity index (χ3n) is 7.43. The minimum Gasteiger partial charge on any atom is -0.508 e. The molecule has 3 heterocycles. The molecule has 2 saturated heterocycles. The van der Waals surface area contributed by atoms with E-state index in [1.807, 2.05) is 38.4 Å². The van der Waals surface area contributed by atoms with Crippen molar-refractivity contribution in [1.82, 2.24) is 20.2 Å². The summed E-state index contributed by atoms with van der Waals surface area (Å²) in [5.41, 5.74) is 8.79. The Morgan fingerprint density at radius 2 is 1.84 bits per heavy atom. The number of nitrogens with one attached hydrogen (secondary N) is 1. The van der Waals surface area contributed by atoms with Gasteiger partial charge >= 0.3 is 6.01 Å². The van der Waals surface area contributed by atoms with Crippen LogP contribution in [0.3, 0.4) is 0 Å². The summed E-state index contributed by atoms with van der Waals surface area (Å²) in [6, 6.07) is 19.3. The lowest BCUT2D eigenvalue weighted by Gasteiger charge is -2.34. The van der Waals surface area contributed by atoms with Gasteiger partial charge in [0.25, 0.3) is 0 Å². The predicted octanol–water partition coefficient (Wildman–Crippen LogP) is 3.36. The van der Waals surface area contributed by atoms with Crippen molar-refractivity contribution in [1.29, 1.82) is 0 Å². The lowest BCUT2D eigenvalue weighted by Crippen LogP contribution is -2.51. The zero-order chi connectivity index (χ0) is 25.5. The van der Waals surface area contributed by atoms with E-state index in [1.165, 1.54) is 12.8 Å². The number of aromatic hydroxyl groups is 1. The Kier molecular flexibility index (Phi) is 6.32. The number of nitrogens with zero attached hydrogens (tertiary/aromatic N) is 4. The van der Waals surface area contributed by atoms with Crippen LogP contribution in [-0.4, -0.2) is 78.4 Å². The van der Waals surface area contributed by atoms with Gasteiger partial charge in [0.15, 0.2) is 0 Å². The van der Waals surface area contributed by atoms with E-state index < -0.39 is 0 Å². The molecular formula is C29H34N6O2. The Balaban J connectivity index is 1.47. The fourth-order valence-electron chi connectivity index (χ4n) is 5.77. The normalized spacial score (nSPS) is 20.2. The number of aromatic nitrogens is 2. The number of phenols is 1. The summed E-state index contributed by atoms with van der Waals surface area (Å²) in [6.45, 7) is 2.89. The number of anilines is 1. The van der Waals surface area contributed by atoms with Crippen LogP contribution in [0.5, 0.6) is 11.8 Å². The highest BCUT2D eigenvalue weighted by molar-refractivity contribution is 6.00. The van der Waals surface area contributed by atoms with E-state index in [4.69, 9.17) is 20.4 Å². The number of phenolic OH excluding ortho intramolecular Hbond substituents is 1. The summed E-state index contributed by atoms with van der Waals surface area (Å²) in [4.78, 5) is 14.2. The van der Waals surface area contributed by atoms with Crippen molar-refractivity contribution in [3.8, 4) is 22.9 Å². The fraction of sp³-hybridized carbons (Fsp3) is 0.379. The summed E-state index contributed by atoms with van der Waals surface area (Å²) in [5, 5.41) is 17.2. The predicted molar refractivity (Wildman–Crippen MR) is 148 cm³/mol. The molecule has 37 heavy (non-hydrogen) atoms. The summed E-state index contributed by atoms with van der Waals surface area (Å²) in [7, 11) is 4.00. The van der Waals surface area contributed by atoms with Gasteiger partial charge < -0.3 is 30.7 Å². The number of piperazine rings is 1. The fourth-order valence-corrected chi connectivity index (χ4v) is 5.77. The molecule has 2 aliphatic rings. The van der Waals surface area contributed by atoms with E-state index in [-0.39, 0.29) is 11.9 Å². The molecule has 0 saturated carbocycles. The first-order valence-corrected chi connectivity index (χ1v) is 13.0. The van der Waals surface area contributed by atoms with Crippen LogP contribution in [0.4, 0.5) is 5.82 Å². The zero-order valence-corrected chi connectivity index (χ0v) is 21.4. The SMILES string of the molecule is CN(C)CC(CN)Oc1nc(N2CC3CCC(C2)N3)c2ccc(-c3cc(O)cc4ccccc34)cc2n1. The Morgan fingerprint density at radius 1 is 1.05 bits per heavy atom. The summed E-state index contributed by atoms with van der Waals surface area (Å²) in [5.74, 6) is 1.15. The maximum absolute atomic E-state index is 10.4. The molecule has 192 valence electrons.